The molecule has 0 aliphatic rings. The molecular formula is C17H36O5. The number of hydrogen-bond donors (Lipinski definition) is 4. The van der Waals surface area contributed by atoms with Gasteiger partial charge in [0.15, 0.2) is 0 Å². The maximum atomic E-state index is 9.53. The zero-order chi connectivity index (χ0) is 16.6. The van der Waals surface area contributed by atoms with Gasteiger partial charge in [0.05, 0.1) is 13.2 Å². The van der Waals surface area contributed by atoms with E-state index in [0.29, 0.717) is 6.61 Å². The number of rotatable bonds is 16. The van der Waals surface area contributed by atoms with Crippen LogP contribution in [0.5, 0.6) is 0 Å². The van der Waals surface area contributed by atoms with E-state index in [1.807, 2.05) is 0 Å². The van der Waals surface area contributed by atoms with Crippen LogP contribution in [0.4, 0.5) is 0 Å². The molecule has 4 N–H and O–H groups in total. The molecule has 0 saturated carbocycles. The summed E-state index contributed by atoms with van der Waals surface area (Å²) in [4.78, 5) is 0. The lowest BCUT2D eigenvalue weighted by atomic mass is 10.1. The Morgan fingerprint density at radius 3 is 1.73 bits per heavy atom. The second kappa shape index (κ2) is 15.7. The van der Waals surface area contributed by atoms with Crippen LogP contribution < -0.4 is 0 Å². The lowest BCUT2D eigenvalue weighted by Gasteiger charge is -2.21. The first kappa shape index (κ1) is 21.8. The van der Waals surface area contributed by atoms with Crippen molar-refractivity contribution in [2.24, 2.45) is 0 Å². The van der Waals surface area contributed by atoms with E-state index in [4.69, 9.17) is 9.84 Å². The van der Waals surface area contributed by atoms with Crippen LogP contribution in [-0.2, 0) is 4.74 Å². The lowest BCUT2D eigenvalue weighted by Crippen LogP contribution is -2.41. The normalized spacial score (nSPS) is 15.7. The number of unbranched alkanes of at least 4 members (excludes halogenated alkanes) is 9. The monoisotopic (exact) mass is 320 g/mol. The molecule has 0 aliphatic carbocycles. The summed E-state index contributed by atoms with van der Waals surface area (Å²) in [5, 5.41) is 36.8. The van der Waals surface area contributed by atoms with Gasteiger partial charge in [-0.25, -0.2) is 0 Å². The topological polar surface area (TPSA) is 90.2 Å². The van der Waals surface area contributed by atoms with Crippen molar-refractivity contribution in [1.29, 1.82) is 0 Å². The van der Waals surface area contributed by atoms with Crippen molar-refractivity contribution >= 4 is 0 Å². The van der Waals surface area contributed by atoms with Gasteiger partial charge in [-0.1, -0.05) is 64.7 Å². The van der Waals surface area contributed by atoms with E-state index in [2.05, 4.69) is 6.92 Å². The molecule has 5 nitrogen and oxygen atoms in total. The second-order valence-corrected chi connectivity index (χ2v) is 6.06. The van der Waals surface area contributed by atoms with E-state index in [1.165, 1.54) is 51.4 Å². The van der Waals surface area contributed by atoms with Gasteiger partial charge < -0.3 is 25.2 Å². The molecule has 0 rings (SSSR count). The van der Waals surface area contributed by atoms with Gasteiger partial charge in [0.1, 0.15) is 18.3 Å². The van der Waals surface area contributed by atoms with Crippen LogP contribution in [0.15, 0.2) is 0 Å². The van der Waals surface area contributed by atoms with E-state index in [-0.39, 0.29) is 6.61 Å². The van der Waals surface area contributed by atoms with Crippen LogP contribution in [0.25, 0.3) is 0 Å². The molecule has 22 heavy (non-hydrogen) atoms. The number of ether oxygens (including phenoxy) is 1. The molecule has 0 aliphatic heterocycles. The second-order valence-electron chi connectivity index (χ2n) is 6.06. The summed E-state index contributed by atoms with van der Waals surface area (Å²) in [7, 11) is 0. The Balaban J connectivity index is 3.26. The van der Waals surface area contributed by atoms with Gasteiger partial charge in [0.25, 0.3) is 0 Å². The minimum absolute atomic E-state index is 0.0182. The maximum absolute atomic E-state index is 9.53. The zero-order valence-electron chi connectivity index (χ0n) is 14.1. The quantitative estimate of drug-likeness (QED) is 0.327. The molecule has 0 amide bonds. The molecular weight excluding hydrogens is 284 g/mol. The summed E-state index contributed by atoms with van der Waals surface area (Å²) in [5.74, 6) is 0. The van der Waals surface area contributed by atoms with Gasteiger partial charge in [-0.05, 0) is 6.42 Å². The highest BCUT2D eigenvalue weighted by molar-refractivity contribution is 4.74. The lowest BCUT2D eigenvalue weighted by molar-refractivity contribution is -0.0997. The SMILES string of the molecule is CCCCCCCCCCCCOC[C@H](O)[C@@H](O)[C@H](O)CO. The Kier molecular flexibility index (Phi) is 15.5. The minimum Gasteiger partial charge on any atom is -0.394 e. The average molecular weight is 320 g/mol. The number of aliphatic hydroxyl groups is 4. The molecule has 0 aromatic rings. The summed E-state index contributed by atoms with van der Waals surface area (Å²) in [5.41, 5.74) is 0. The van der Waals surface area contributed by atoms with E-state index < -0.39 is 24.9 Å². The van der Waals surface area contributed by atoms with Crippen LogP contribution in [-0.4, -0.2) is 58.6 Å². The van der Waals surface area contributed by atoms with Gasteiger partial charge in [-0.2, -0.15) is 0 Å². The highest BCUT2D eigenvalue weighted by Crippen LogP contribution is 2.10. The highest BCUT2D eigenvalue weighted by Gasteiger charge is 2.23. The Bertz CT molecular complexity index is 225. The summed E-state index contributed by atoms with van der Waals surface area (Å²) in [6, 6.07) is 0. The predicted octanol–water partition coefficient (Wildman–Crippen LogP) is 2.00. The molecule has 3 atom stereocenters. The fourth-order valence-electron chi connectivity index (χ4n) is 2.36. The minimum atomic E-state index is -1.36. The molecule has 0 fully saturated rings. The molecule has 5 heteroatoms. The van der Waals surface area contributed by atoms with Gasteiger partial charge >= 0.3 is 0 Å². The van der Waals surface area contributed by atoms with Crippen molar-refractivity contribution in [3.8, 4) is 0 Å². The van der Waals surface area contributed by atoms with E-state index in [0.717, 1.165) is 12.8 Å². The Hall–Kier alpha value is -0.200. The summed E-state index contributed by atoms with van der Waals surface area (Å²) in [6.45, 7) is 2.19. The van der Waals surface area contributed by atoms with Gasteiger partial charge in [0, 0.05) is 6.61 Å². The smallest absolute Gasteiger partial charge is 0.110 e. The Morgan fingerprint density at radius 1 is 0.727 bits per heavy atom. The van der Waals surface area contributed by atoms with Gasteiger partial charge in [0.2, 0.25) is 0 Å². The third-order valence-corrected chi connectivity index (χ3v) is 3.91. The standard InChI is InChI=1S/C17H36O5/c1-2-3-4-5-6-7-8-9-10-11-12-22-14-16(20)17(21)15(19)13-18/h15-21H,2-14H2,1H3/t15-,16+,17+/m1/s1. The summed E-state index contributed by atoms with van der Waals surface area (Å²) < 4.78 is 5.28. The number of hydrogen-bond acceptors (Lipinski definition) is 5. The van der Waals surface area contributed by atoms with E-state index in [1.54, 1.807) is 0 Å². The Morgan fingerprint density at radius 2 is 1.23 bits per heavy atom. The van der Waals surface area contributed by atoms with Crippen molar-refractivity contribution in [2.45, 2.75) is 89.4 Å². The van der Waals surface area contributed by atoms with Crippen LogP contribution >= 0.6 is 0 Å². The van der Waals surface area contributed by atoms with Crippen LogP contribution in [0.3, 0.4) is 0 Å². The molecule has 0 spiro atoms. The largest absolute Gasteiger partial charge is 0.394 e. The average Bonchev–Trinajstić information content (AvgIpc) is 2.54. The van der Waals surface area contributed by atoms with Crippen LogP contribution in [0.2, 0.25) is 0 Å². The first-order valence-electron chi connectivity index (χ1n) is 8.86. The fraction of sp³-hybridized carbons (Fsp3) is 1.00. The van der Waals surface area contributed by atoms with Crippen molar-refractivity contribution in [2.75, 3.05) is 19.8 Å². The van der Waals surface area contributed by atoms with Gasteiger partial charge in [-0.15, -0.1) is 0 Å². The van der Waals surface area contributed by atoms with Crippen molar-refractivity contribution in [1.82, 2.24) is 0 Å². The molecule has 134 valence electrons. The van der Waals surface area contributed by atoms with Gasteiger partial charge in [-0.3, -0.25) is 0 Å². The first-order chi connectivity index (χ1) is 10.6. The third kappa shape index (κ3) is 12.4. The Labute approximate surface area is 135 Å². The predicted molar refractivity (Wildman–Crippen MR) is 87.8 cm³/mol. The summed E-state index contributed by atoms with van der Waals surface area (Å²) in [6.07, 6.45) is 8.73. The number of aliphatic hydroxyl groups excluding tert-OH is 4. The van der Waals surface area contributed by atoms with Crippen LogP contribution in [0, 0.1) is 0 Å². The van der Waals surface area contributed by atoms with E-state index >= 15 is 0 Å². The molecule has 0 heterocycles. The molecule has 0 aromatic heterocycles. The third-order valence-electron chi connectivity index (χ3n) is 3.91. The van der Waals surface area contributed by atoms with Crippen molar-refractivity contribution < 1.29 is 25.2 Å². The zero-order valence-corrected chi connectivity index (χ0v) is 14.1. The fourth-order valence-corrected chi connectivity index (χ4v) is 2.36. The van der Waals surface area contributed by atoms with Crippen LogP contribution in [0.1, 0.15) is 71.1 Å². The molecule has 0 radical (unpaired) electrons. The molecule has 0 bridgehead atoms. The first-order valence-corrected chi connectivity index (χ1v) is 8.86. The maximum Gasteiger partial charge on any atom is 0.110 e. The molecule has 0 saturated heterocycles. The van der Waals surface area contributed by atoms with Crippen molar-refractivity contribution in [3.63, 3.8) is 0 Å². The molecule has 0 unspecified atom stereocenters. The molecule has 0 aromatic carbocycles. The highest BCUT2D eigenvalue weighted by atomic mass is 16.5. The van der Waals surface area contributed by atoms with E-state index in [9.17, 15) is 15.3 Å². The van der Waals surface area contributed by atoms with Crippen molar-refractivity contribution in [3.05, 3.63) is 0 Å². The summed E-state index contributed by atoms with van der Waals surface area (Å²) >= 11 is 0.